The molecule has 0 radical (unpaired) electrons. The zero-order chi connectivity index (χ0) is 16.2. The molecule has 122 valence electrons. The molecular weight excluding hydrogens is 297 g/mol. The highest BCUT2D eigenvalue weighted by atomic mass is 19.4. The molecule has 0 bridgehead atoms. The molecule has 1 fully saturated rings. The summed E-state index contributed by atoms with van der Waals surface area (Å²) in [4.78, 5) is 13.8. The second kappa shape index (κ2) is 7.00. The lowest BCUT2D eigenvalue weighted by Crippen LogP contribution is -2.44. The first-order valence-electron chi connectivity index (χ1n) is 7.27. The molecule has 22 heavy (non-hydrogen) atoms. The quantitative estimate of drug-likeness (QED) is 0.878. The number of benzene rings is 1. The highest BCUT2D eigenvalue weighted by molar-refractivity contribution is 5.89. The van der Waals surface area contributed by atoms with Crippen molar-refractivity contribution in [3.8, 4) is 0 Å². The van der Waals surface area contributed by atoms with Crippen LogP contribution in [0.1, 0.15) is 31.2 Å². The number of amides is 2. The van der Waals surface area contributed by atoms with E-state index in [4.69, 9.17) is 0 Å². The number of alkyl halides is 3. The molecule has 0 aromatic heterocycles. The Hall–Kier alpha value is -1.76. The van der Waals surface area contributed by atoms with Crippen LogP contribution < -0.4 is 5.32 Å². The molecule has 1 heterocycles. The monoisotopic (exact) mass is 316 g/mol. The van der Waals surface area contributed by atoms with E-state index in [2.05, 4.69) is 5.32 Å². The number of urea groups is 1. The number of anilines is 1. The smallest absolute Gasteiger partial charge is 0.394 e. The van der Waals surface area contributed by atoms with Crippen LogP contribution in [0.25, 0.3) is 0 Å². The van der Waals surface area contributed by atoms with Crippen molar-refractivity contribution < 1.29 is 23.1 Å². The van der Waals surface area contributed by atoms with Gasteiger partial charge in [0.2, 0.25) is 0 Å². The molecule has 1 aliphatic rings. The Bertz CT molecular complexity index is 503. The molecule has 0 aliphatic carbocycles. The predicted molar refractivity (Wildman–Crippen MR) is 76.5 cm³/mol. The third-order valence-corrected chi connectivity index (χ3v) is 3.81. The fraction of sp³-hybridized carbons (Fsp3) is 0.533. The fourth-order valence-electron chi connectivity index (χ4n) is 2.57. The number of nitrogens with zero attached hydrogens (tertiary/aromatic N) is 1. The van der Waals surface area contributed by atoms with Gasteiger partial charge in [-0.25, -0.2) is 4.79 Å². The Morgan fingerprint density at radius 2 is 1.91 bits per heavy atom. The lowest BCUT2D eigenvalue weighted by molar-refractivity contribution is -0.137. The molecular formula is C15H19F3N2O2. The second-order valence-electron chi connectivity index (χ2n) is 5.38. The van der Waals surface area contributed by atoms with Crippen LogP contribution in [0.5, 0.6) is 0 Å². The predicted octanol–water partition coefficient (Wildman–Crippen LogP) is 3.47. The van der Waals surface area contributed by atoms with Gasteiger partial charge in [0.05, 0.1) is 18.2 Å². The van der Waals surface area contributed by atoms with Gasteiger partial charge in [-0.2, -0.15) is 13.2 Å². The van der Waals surface area contributed by atoms with E-state index in [0.29, 0.717) is 12.2 Å². The maximum absolute atomic E-state index is 12.5. The summed E-state index contributed by atoms with van der Waals surface area (Å²) in [6.07, 6.45) is -0.848. The summed E-state index contributed by atoms with van der Waals surface area (Å²) in [6, 6.07) is 3.69. The van der Waals surface area contributed by atoms with Gasteiger partial charge in [0, 0.05) is 12.2 Å². The van der Waals surface area contributed by atoms with Crippen molar-refractivity contribution in [1.29, 1.82) is 0 Å². The van der Waals surface area contributed by atoms with Crippen molar-refractivity contribution in [3.63, 3.8) is 0 Å². The Labute approximate surface area is 126 Å². The fourth-order valence-corrected chi connectivity index (χ4v) is 2.57. The van der Waals surface area contributed by atoms with E-state index in [-0.39, 0.29) is 18.7 Å². The molecule has 2 rings (SSSR count). The van der Waals surface area contributed by atoms with Gasteiger partial charge in [-0.1, -0.05) is 12.8 Å². The van der Waals surface area contributed by atoms with E-state index in [1.54, 1.807) is 4.90 Å². The van der Waals surface area contributed by atoms with Crippen LogP contribution in [0.2, 0.25) is 0 Å². The van der Waals surface area contributed by atoms with Crippen LogP contribution in [-0.4, -0.2) is 35.2 Å². The average molecular weight is 316 g/mol. The Morgan fingerprint density at radius 1 is 1.23 bits per heavy atom. The minimum absolute atomic E-state index is 0.111. The number of nitrogens with one attached hydrogen (secondary N) is 1. The van der Waals surface area contributed by atoms with Crippen molar-refractivity contribution >= 4 is 11.7 Å². The number of hydrogen-bond donors (Lipinski definition) is 2. The largest absolute Gasteiger partial charge is 0.416 e. The van der Waals surface area contributed by atoms with Crippen molar-refractivity contribution in [2.24, 2.45) is 0 Å². The lowest BCUT2D eigenvalue weighted by Gasteiger charge is -2.28. The maximum Gasteiger partial charge on any atom is 0.416 e. The van der Waals surface area contributed by atoms with E-state index in [9.17, 15) is 23.1 Å². The first kappa shape index (κ1) is 16.6. The third-order valence-electron chi connectivity index (χ3n) is 3.81. The number of halogens is 3. The number of aliphatic hydroxyl groups excluding tert-OH is 1. The Morgan fingerprint density at radius 3 is 2.50 bits per heavy atom. The maximum atomic E-state index is 12.5. The average Bonchev–Trinajstić information content (AvgIpc) is 2.72. The van der Waals surface area contributed by atoms with Crippen LogP contribution in [0.3, 0.4) is 0 Å². The molecule has 1 aromatic carbocycles. The number of rotatable bonds is 2. The van der Waals surface area contributed by atoms with Gasteiger partial charge in [-0.05, 0) is 37.1 Å². The molecule has 7 heteroatoms. The summed E-state index contributed by atoms with van der Waals surface area (Å²) >= 11 is 0. The zero-order valence-electron chi connectivity index (χ0n) is 12.1. The second-order valence-corrected chi connectivity index (χ2v) is 5.38. The van der Waals surface area contributed by atoms with E-state index in [0.717, 1.165) is 37.8 Å². The van der Waals surface area contributed by atoms with Gasteiger partial charge in [0.15, 0.2) is 0 Å². The Kier molecular flexibility index (Phi) is 5.28. The van der Waals surface area contributed by atoms with Gasteiger partial charge in [0.25, 0.3) is 0 Å². The number of carbonyl (C=O) groups excluding carboxylic acids is 1. The summed E-state index contributed by atoms with van der Waals surface area (Å²) in [6.45, 7) is 0.429. The first-order valence-corrected chi connectivity index (χ1v) is 7.27. The van der Waals surface area contributed by atoms with Crippen LogP contribution in [0.4, 0.5) is 23.7 Å². The third kappa shape index (κ3) is 4.13. The molecule has 1 aliphatic heterocycles. The Balaban J connectivity index is 2.04. The number of hydrogen-bond acceptors (Lipinski definition) is 2. The molecule has 1 saturated heterocycles. The van der Waals surface area contributed by atoms with Crippen LogP contribution in [0.15, 0.2) is 24.3 Å². The normalized spacial score (nSPS) is 19.6. The van der Waals surface area contributed by atoms with Crippen molar-refractivity contribution in [2.75, 3.05) is 18.5 Å². The molecule has 1 aromatic rings. The summed E-state index contributed by atoms with van der Waals surface area (Å²) in [5.41, 5.74) is -0.451. The lowest BCUT2D eigenvalue weighted by atomic mass is 10.1. The highest BCUT2D eigenvalue weighted by Gasteiger charge is 2.30. The molecule has 1 unspecified atom stereocenters. The minimum Gasteiger partial charge on any atom is -0.394 e. The number of carbonyl (C=O) groups is 1. The highest BCUT2D eigenvalue weighted by Crippen LogP contribution is 2.30. The summed E-state index contributed by atoms with van der Waals surface area (Å²) in [5, 5.41) is 12.0. The molecule has 2 N–H and O–H groups in total. The molecule has 1 atom stereocenters. The number of likely N-dealkylation sites (tertiary alicyclic amines) is 1. The summed E-state index contributed by atoms with van der Waals surface area (Å²) in [7, 11) is 0. The minimum atomic E-state index is -4.39. The standard InChI is InChI=1S/C15H19F3N2O2/c16-15(17,18)11-5-7-12(8-6-11)19-14(22)20-9-3-1-2-4-13(20)10-21/h5-8,13,21H,1-4,9-10H2,(H,19,22). The summed E-state index contributed by atoms with van der Waals surface area (Å²) < 4.78 is 37.5. The van der Waals surface area contributed by atoms with Gasteiger partial charge in [-0.15, -0.1) is 0 Å². The topological polar surface area (TPSA) is 52.6 Å². The van der Waals surface area contributed by atoms with Gasteiger partial charge >= 0.3 is 12.2 Å². The van der Waals surface area contributed by atoms with Gasteiger partial charge in [0.1, 0.15) is 0 Å². The van der Waals surface area contributed by atoms with E-state index < -0.39 is 11.7 Å². The first-order chi connectivity index (χ1) is 10.4. The molecule has 4 nitrogen and oxygen atoms in total. The van der Waals surface area contributed by atoms with E-state index in [1.165, 1.54) is 12.1 Å². The molecule has 0 saturated carbocycles. The zero-order valence-corrected chi connectivity index (χ0v) is 12.1. The van der Waals surface area contributed by atoms with E-state index in [1.807, 2.05) is 0 Å². The molecule has 2 amide bonds. The van der Waals surface area contributed by atoms with Gasteiger partial charge in [-0.3, -0.25) is 0 Å². The van der Waals surface area contributed by atoms with Gasteiger partial charge < -0.3 is 15.3 Å². The van der Waals surface area contributed by atoms with Crippen molar-refractivity contribution in [3.05, 3.63) is 29.8 Å². The van der Waals surface area contributed by atoms with Crippen LogP contribution in [0, 0.1) is 0 Å². The van der Waals surface area contributed by atoms with Crippen LogP contribution in [-0.2, 0) is 6.18 Å². The number of aliphatic hydroxyl groups is 1. The van der Waals surface area contributed by atoms with Crippen molar-refractivity contribution in [2.45, 2.75) is 37.9 Å². The van der Waals surface area contributed by atoms with E-state index >= 15 is 0 Å². The van der Waals surface area contributed by atoms with Crippen LogP contribution >= 0.6 is 0 Å². The SMILES string of the molecule is O=C(Nc1ccc(C(F)(F)F)cc1)N1CCCCCC1CO. The van der Waals surface area contributed by atoms with Crippen molar-refractivity contribution in [1.82, 2.24) is 4.90 Å². The molecule has 0 spiro atoms. The summed E-state index contributed by atoms with van der Waals surface area (Å²) in [5.74, 6) is 0.